The van der Waals surface area contributed by atoms with Gasteiger partial charge in [0.15, 0.2) is 0 Å². The van der Waals surface area contributed by atoms with Gasteiger partial charge >= 0.3 is 0 Å². The minimum atomic E-state index is -0.285. The maximum atomic E-state index is 12.9. The quantitative estimate of drug-likeness (QED) is 0.897. The Labute approximate surface area is 118 Å². The number of halogens is 1. The molecular weight excluding hydrogens is 257 g/mol. The molecule has 1 N–H and O–H groups in total. The van der Waals surface area contributed by atoms with E-state index >= 15 is 0 Å². The summed E-state index contributed by atoms with van der Waals surface area (Å²) in [5, 5.41) is 3.17. The monoisotopic (exact) mass is 275 g/mol. The number of nitrogens with one attached hydrogen (secondary N) is 1. The van der Waals surface area contributed by atoms with E-state index in [0.29, 0.717) is 11.5 Å². The Morgan fingerprint density at radius 1 is 1.05 bits per heavy atom. The van der Waals surface area contributed by atoms with Crippen LogP contribution in [0.4, 0.5) is 4.39 Å². The first-order valence-corrected chi connectivity index (χ1v) is 6.43. The second kappa shape index (κ2) is 6.39. The van der Waals surface area contributed by atoms with Gasteiger partial charge in [-0.05, 0) is 50.4 Å². The summed E-state index contributed by atoms with van der Waals surface area (Å²) in [6, 6.07) is 11.6. The van der Waals surface area contributed by atoms with Crippen LogP contribution in [-0.2, 0) is 0 Å². The summed E-state index contributed by atoms with van der Waals surface area (Å²) in [7, 11) is 3.50. The molecule has 0 aliphatic rings. The second-order valence-electron chi connectivity index (χ2n) is 4.44. The van der Waals surface area contributed by atoms with Crippen molar-refractivity contribution >= 4 is 0 Å². The van der Waals surface area contributed by atoms with Crippen LogP contribution in [0.3, 0.4) is 0 Å². The molecule has 2 aromatic carbocycles. The van der Waals surface area contributed by atoms with Gasteiger partial charge in [-0.3, -0.25) is 0 Å². The number of benzene rings is 2. The molecule has 0 saturated carbocycles. The van der Waals surface area contributed by atoms with Gasteiger partial charge < -0.3 is 14.8 Å². The number of ether oxygens (including phenoxy) is 2. The van der Waals surface area contributed by atoms with Gasteiger partial charge in [-0.15, -0.1) is 0 Å². The van der Waals surface area contributed by atoms with Crippen LogP contribution in [0.1, 0.15) is 18.5 Å². The van der Waals surface area contributed by atoms with Crippen LogP contribution in [0.5, 0.6) is 17.2 Å². The number of methoxy groups -OCH3 is 1. The molecule has 0 saturated heterocycles. The first-order valence-electron chi connectivity index (χ1n) is 6.43. The molecular formula is C16H18FNO2. The van der Waals surface area contributed by atoms with E-state index in [9.17, 15) is 4.39 Å². The van der Waals surface area contributed by atoms with Crippen LogP contribution in [0.25, 0.3) is 0 Å². The Morgan fingerprint density at radius 3 is 2.30 bits per heavy atom. The van der Waals surface area contributed by atoms with Crippen molar-refractivity contribution in [2.24, 2.45) is 0 Å². The Bertz CT molecular complexity index is 569. The van der Waals surface area contributed by atoms with Gasteiger partial charge in [-0.25, -0.2) is 4.39 Å². The van der Waals surface area contributed by atoms with E-state index < -0.39 is 0 Å². The molecule has 0 aliphatic carbocycles. The highest BCUT2D eigenvalue weighted by atomic mass is 19.1. The van der Waals surface area contributed by atoms with Gasteiger partial charge in [0.25, 0.3) is 0 Å². The van der Waals surface area contributed by atoms with E-state index in [1.165, 1.54) is 12.1 Å². The summed E-state index contributed by atoms with van der Waals surface area (Å²) in [5.41, 5.74) is 0.932. The zero-order valence-corrected chi connectivity index (χ0v) is 11.8. The van der Waals surface area contributed by atoms with Crippen molar-refractivity contribution < 1.29 is 13.9 Å². The van der Waals surface area contributed by atoms with Crippen molar-refractivity contribution in [2.75, 3.05) is 14.2 Å². The lowest BCUT2D eigenvalue weighted by Crippen LogP contribution is -2.14. The molecule has 3 nitrogen and oxygen atoms in total. The van der Waals surface area contributed by atoms with Crippen molar-refractivity contribution in [3.63, 3.8) is 0 Å². The number of hydrogen-bond donors (Lipinski definition) is 1. The zero-order chi connectivity index (χ0) is 14.5. The lowest BCUT2D eigenvalue weighted by Gasteiger charge is -2.19. The Morgan fingerprint density at radius 2 is 1.70 bits per heavy atom. The van der Waals surface area contributed by atoms with E-state index in [0.717, 1.165) is 11.3 Å². The Balaban J connectivity index is 2.37. The van der Waals surface area contributed by atoms with E-state index in [2.05, 4.69) is 5.32 Å². The van der Waals surface area contributed by atoms with Gasteiger partial charge in [0, 0.05) is 6.04 Å². The lowest BCUT2D eigenvalue weighted by molar-refractivity contribution is 0.393. The molecule has 0 amide bonds. The molecule has 106 valence electrons. The molecule has 0 fully saturated rings. The first-order chi connectivity index (χ1) is 9.65. The molecule has 4 heteroatoms. The third-order valence-corrected chi connectivity index (χ3v) is 3.15. The van der Waals surface area contributed by atoms with Crippen LogP contribution >= 0.6 is 0 Å². The molecule has 0 aromatic heterocycles. The predicted octanol–water partition coefficient (Wildman–Crippen LogP) is 3.91. The predicted molar refractivity (Wildman–Crippen MR) is 76.9 cm³/mol. The maximum Gasteiger partial charge on any atom is 0.135 e. The smallest absolute Gasteiger partial charge is 0.135 e. The molecule has 1 unspecified atom stereocenters. The highest BCUT2D eigenvalue weighted by Crippen LogP contribution is 2.36. The van der Waals surface area contributed by atoms with E-state index in [1.807, 2.05) is 32.2 Å². The van der Waals surface area contributed by atoms with Crippen LogP contribution in [0, 0.1) is 5.82 Å². The summed E-state index contributed by atoms with van der Waals surface area (Å²) in [4.78, 5) is 0. The van der Waals surface area contributed by atoms with Gasteiger partial charge in [0.2, 0.25) is 0 Å². The van der Waals surface area contributed by atoms with Gasteiger partial charge in [0.1, 0.15) is 23.1 Å². The molecule has 0 bridgehead atoms. The average Bonchev–Trinajstić information content (AvgIpc) is 2.48. The molecule has 0 radical (unpaired) electrons. The normalized spacial score (nSPS) is 12.0. The Kier molecular flexibility index (Phi) is 4.58. The van der Waals surface area contributed by atoms with Crippen LogP contribution in [-0.4, -0.2) is 14.2 Å². The molecule has 20 heavy (non-hydrogen) atoms. The molecule has 0 aliphatic heterocycles. The molecule has 0 spiro atoms. The zero-order valence-electron chi connectivity index (χ0n) is 11.8. The lowest BCUT2D eigenvalue weighted by atomic mass is 10.1. The average molecular weight is 275 g/mol. The highest BCUT2D eigenvalue weighted by molar-refractivity contribution is 5.48. The number of hydrogen-bond acceptors (Lipinski definition) is 3. The molecule has 2 rings (SSSR count). The highest BCUT2D eigenvalue weighted by Gasteiger charge is 2.16. The fourth-order valence-corrected chi connectivity index (χ4v) is 1.99. The largest absolute Gasteiger partial charge is 0.496 e. The molecule has 1 atom stereocenters. The first kappa shape index (κ1) is 14.3. The Hall–Kier alpha value is -2.07. The number of rotatable bonds is 5. The van der Waals surface area contributed by atoms with E-state index in [1.54, 1.807) is 19.2 Å². The summed E-state index contributed by atoms with van der Waals surface area (Å²) in [6.07, 6.45) is 0. The second-order valence-corrected chi connectivity index (χ2v) is 4.44. The van der Waals surface area contributed by atoms with Gasteiger partial charge in [0.05, 0.1) is 12.7 Å². The fraction of sp³-hybridized carbons (Fsp3) is 0.250. The van der Waals surface area contributed by atoms with E-state index in [-0.39, 0.29) is 11.9 Å². The summed E-state index contributed by atoms with van der Waals surface area (Å²) in [5.74, 6) is 1.75. The van der Waals surface area contributed by atoms with Crippen molar-refractivity contribution in [3.05, 3.63) is 53.8 Å². The van der Waals surface area contributed by atoms with Crippen molar-refractivity contribution in [2.45, 2.75) is 13.0 Å². The van der Waals surface area contributed by atoms with Crippen LogP contribution in [0.2, 0.25) is 0 Å². The van der Waals surface area contributed by atoms with Crippen molar-refractivity contribution in [1.29, 1.82) is 0 Å². The van der Waals surface area contributed by atoms with Crippen LogP contribution < -0.4 is 14.8 Å². The fourth-order valence-electron chi connectivity index (χ4n) is 1.99. The molecule has 0 heterocycles. The molecule has 2 aromatic rings. The van der Waals surface area contributed by atoms with Crippen molar-refractivity contribution in [3.8, 4) is 17.2 Å². The third kappa shape index (κ3) is 3.08. The third-order valence-electron chi connectivity index (χ3n) is 3.15. The minimum Gasteiger partial charge on any atom is -0.496 e. The summed E-state index contributed by atoms with van der Waals surface area (Å²) in [6.45, 7) is 2.02. The van der Waals surface area contributed by atoms with E-state index in [4.69, 9.17) is 9.47 Å². The minimum absolute atomic E-state index is 0.0709. The standard InChI is InChI=1S/C16H18FNO2/c1-11(18-2)16-14(19-3)5-4-6-15(16)20-13-9-7-12(17)8-10-13/h4-11,18H,1-3H3. The van der Waals surface area contributed by atoms with Crippen LogP contribution in [0.15, 0.2) is 42.5 Å². The van der Waals surface area contributed by atoms with Gasteiger partial charge in [-0.2, -0.15) is 0 Å². The van der Waals surface area contributed by atoms with Crippen molar-refractivity contribution in [1.82, 2.24) is 5.32 Å². The summed E-state index contributed by atoms with van der Waals surface area (Å²) >= 11 is 0. The SMILES string of the molecule is CNC(C)c1c(OC)cccc1Oc1ccc(F)cc1. The topological polar surface area (TPSA) is 30.5 Å². The van der Waals surface area contributed by atoms with Gasteiger partial charge in [-0.1, -0.05) is 6.07 Å². The summed E-state index contributed by atoms with van der Waals surface area (Å²) < 4.78 is 24.1. The maximum absolute atomic E-state index is 12.9.